The Morgan fingerprint density at radius 1 is 1.09 bits per heavy atom. The Balaban J connectivity index is 1.46. The molecule has 0 aliphatic heterocycles. The second-order valence-corrected chi connectivity index (χ2v) is 9.01. The third-order valence-corrected chi connectivity index (χ3v) is 7.12. The van der Waals surface area contributed by atoms with E-state index in [1.807, 2.05) is 0 Å². The predicted molar refractivity (Wildman–Crippen MR) is 119 cm³/mol. The lowest BCUT2D eigenvalue weighted by atomic mass is 9.61. The van der Waals surface area contributed by atoms with Gasteiger partial charge in [0.1, 0.15) is 11.6 Å². The molecule has 1 aromatic carbocycles. The first-order valence-electron chi connectivity index (χ1n) is 11.2. The van der Waals surface area contributed by atoms with Crippen molar-refractivity contribution < 1.29 is 23.1 Å². The molecule has 3 aliphatic rings. The van der Waals surface area contributed by atoms with E-state index in [2.05, 4.69) is 25.3 Å². The van der Waals surface area contributed by atoms with Crippen LogP contribution in [0.15, 0.2) is 41.1 Å². The molecule has 3 heterocycles. The molecule has 7 rings (SSSR count). The molecule has 4 aromatic rings. The fourth-order valence-corrected chi connectivity index (χ4v) is 5.58. The van der Waals surface area contributed by atoms with Crippen LogP contribution in [0.4, 0.5) is 14.7 Å². The first-order chi connectivity index (χ1) is 16.5. The van der Waals surface area contributed by atoms with Gasteiger partial charge in [0.15, 0.2) is 11.6 Å². The van der Waals surface area contributed by atoms with E-state index in [4.69, 9.17) is 4.42 Å². The molecule has 3 N–H and O–H groups in total. The van der Waals surface area contributed by atoms with Gasteiger partial charge in [0.2, 0.25) is 11.8 Å². The number of halogens is 2. The number of aromatic nitrogens is 4. The molecule has 34 heavy (non-hydrogen) atoms. The highest BCUT2D eigenvalue weighted by molar-refractivity contribution is 5.94. The van der Waals surface area contributed by atoms with Crippen molar-refractivity contribution in [3.63, 3.8) is 0 Å². The topological polar surface area (TPSA) is 117 Å². The van der Waals surface area contributed by atoms with Gasteiger partial charge in [-0.2, -0.15) is 9.97 Å². The van der Waals surface area contributed by atoms with Crippen LogP contribution in [0.2, 0.25) is 0 Å². The third kappa shape index (κ3) is 3.41. The highest BCUT2D eigenvalue weighted by atomic mass is 19.1. The summed E-state index contributed by atoms with van der Waals surface area (Å²) in [5.74, 6) is -1.46. The second-order valence-electron chi connectivity index (χ2n) is 9.01. The summed E-state index contributed by atoms with van der Waals surface area (Å²) in [5.41, 5.74) is 0.535. The number of aromatic amines is 1. The Morgan fingerprint density at radius 2 is 1.85 bits per heavy atom. The van der Waals surface area contributed by atoms with Gasteiger partial charge in [0.05, 0.1) is 17.7 Å². The summed E-state index contributed by atoms with van der Waals surface area (Å²) in [4.78, 5) is 28.4. The van der Waals surface area contributed by atoms with Crippen molar-refractivity contribution >= 4 is 22.8 Å². The molecule has 3 aromatic heterocycles. The van der Waals surface area contributed by atoms with E-state index in [9.17, 15) is 18.7 Å². The highest BCUT2D eigenvalue weighted by Crippen LogP contribution is 2.46. The van der Waals surface area contributed by atoms with Crippen molar-refractivity contribution in [3.05, 3.63) is 48.4 Å². The summed E-state index contributed by atoms with van der Waals surface area (Å²) in [5, 5.41) is 13.5. The molecular weight excluding hydrogens is 444 g/mol. The number of fused-ring (bicyclic) bond motifs is 4. The van der Waals surface area contributed by atoms with Gasteiger partial charge in [-0.1, -0.05) is 0 Å². The van der Waals surface area contributed by atoms with Gasteiger partial charge in [0.25, 0.3) is 0 Å². The van der Waals surface area contributed by atoms with E-state index < -0.39 is 23.5 Å². The fourth-order valence-electron chi connectivity index (χ4n) is 5.58. The number of carbonyl (C=O) groups is 1. The molecule has 174 valence electrons. The standard InChI is InChI=1S/C24H21F2N5O3/c25-13-8-14-15(10-27-20(14)16(26)9-13)21-29-22(17-2-1-7-34-17)31-24(30-21)28-19-12-5-3-11(4-6-12)18(19)23(32)33/h1-2,7-12,18-19,27H,3-6H2,(H,32,33)(H,28,29,30,31). The van der Waals surface area contributed by atoms with Crippen LogP contribution in [0.5, 0.6) is 0 Å². The number of furan rings is 1. The van der Waals surface area contributed by atoms with Crippen LogP contribution in [0, 0.1) is 29.4 Å². The maximum atomic E-state index is 14.3. The smallest absolute Gasteiger partial charge is 0.308 e. The Kier molecular flexibility index (Phi) is 4.82. The number of nitrogens with zero attached hydrogens (tertiary/aromatic N) is 3. The van der Waals surface area contributed by atoms with Crippen molar-refractivity contribution in [2.45, 2.75) is 31.7 Å². The first-order valence-corrected chi connectivity index (χ1v) is 11.2. The van der Waals surface area contributed by atoms with E-state index in [0.717, 1.165) is 31.7 Å². The molecule has 10 heteroatoms. The zero-order valence-electron chi connectivity index (χ0n) is 18.0. The number of anilines is 1. The number of carboxylic acids is 1. The number of nitrogens with one attached hydrogen (secondary N) is 2. The second kappa shape index (κ2) is 7.89. The minimum atomic E-state index is -0.824. The van der Waals surface area contributed by atoms with Crippen LogP contribution in [-0.4, -0.2) is 37.1 Å². The molecule has 3 aliphatic carbocycles. The molecule has 3 saturated carbocycles. The summed E-state index contributed by atoms with van der Waals surface area (Å²) in [6.07, 6.45) is 6.73. The lowest BCUT2D eigenvalue weighted by Gasteiger charge is -2.46. The molecule has 3 fully saturated rings. The summed E-state index contributed by atoms with van der Waals surface area (Å²) in [6, 6.07) is 5.10. The zero-order valence-corrected chi connectivity index (χ0v) is 18.0. The molecule has 0 amide bonds. The van der Waals surface area contributed by atoms with Crippen LogP contribution >= 0.6 is 0 Å². The van der Waals surface area contributed by atoms with E-state index in [-0.39, 0.29) is 41.0 Å². The maximum Gasteiger partial charge on any atom is 0.308 e. The van der Waals surface area contributed by atoms with E-state index in [1.165, 1.54) is 18.5 Å². The van der Waals surface area contributed by atoms with E-state index >= 15 is 0 Å². The lowest BCUT2D eigenvalue weighted by Crippen LogP contribution is -2.51. The largest absolute Gasteiger partial charge is 0.481 e. The van der Waals surface area contributed by atoms with Gasteiger partial charge < -0.3 is 19.8 Å². The zero-order chi connectivity index (χ0) is 23.4. The van der Waals surface area contributed by atoms with Crippen LogP contribution in [-0.2, 0) is 4.79 Å². The number of aliphatic carboxylic acids is 1. The average molecular weight is 465 g/mol. The van der Waals surface area contributed by atoms with Gasteiger partial charge in [-0.15, -0.1) is 0 Å². The van der Waals surface area contributed by atoms with Crippen LogP contribution < -0.4 is 5.32 Å². The van der Waals surface area contributed by atoms with Gasteiger partial charge in [0, 0.05) is 29.3 Å². The summed E-state index contributed by atoms with van der Waals surface area (Å²) in [6.45, 7) is 0. The minimum absolute atomic E-state index is 0.116. The molecule has 2 bridgehead atoms. The number of carboxylic acid groups (broad SMARTS) is 1. The Bertz CT molecular complexity index is 1380. The van der Waals surface area contributed by atoms with Crippen LogP contribution in [0.1, 0.15) is 25.7 Å². The van der Waals surface area contributed by atoms with E-state index in [0.29, 0.717) is 16.7 Å². The van der Waals surface area contributed by atoms with Crippen molar-refractivity contribution in [1.82, 2.24) is 19.9 Å². The lowest BCUT2D eigenvalue weighted by molar-refractivity contribution is -0.148. The molecule has 0 radical (unpaired) electrons. The average Bonchev–Trinajstić information content (AvgIpc) is 3.50. The van der Waals surface area contributed by atoms with Gasteiger partial charge in [-0.05, 0) is 55.7 Å². The van der Waals surface area contributed by atoms with Crippen LogP contribution in [0.25, 0.3) is 33.9 Å². The van der Waals surface area contributed by atoms with E-state index in [1.54, 1.807) is 12.1 Å². The van der Waals surface area contributed by atoms with Crippen LogP contribution in [0.3, 0.4) is 0 Å². The molecule has 8 nitrogen and oxygen atoms in total. The van der Waals surface area contributed by atoms with Gasteiger partial charge >= 0.3 is 5.97 Å². The molecule has 2 unspecified atom stereocenters. The van der Waals surface area contributed by atoms with Crippen molar-refractivity contribution in [2.75, 3.05) is 5.32 Å². The Hall–Kier alpha value is -3.82. The summed E-state index contributed by atoms with van der Waals surface area (Å²) >= 11 is 0. The SMILES string of the molecule is O=C(O)C1C2CCC(CC2)C1Nc1nc(-c2ccco2)nc(-c2c[nH]c3c(F)cc(F)cc23)n1. The molecular formula is C24H21F2N5O3. The molecule has 0 spiro atoms. The quantitative estimate of drug-likeness (QED) is 0.385. The number of benzene rings is 1. The van der Waals surface area contributed by atoms with Gasteiger partial charge in [-0.3, -0.25) is 4.79 Å². The van der Waals surface area contributed by atoms with Crippen molar-refractivity contribution in [3.8, 4) is 23.0 Å². The number of hydrogen-bond donors (Lipinski definition) is 3. The van der Waals surface area contributed by atoms with Crippen molar-refractivity contribution in [1.29, 1.82) is 0 Å². The Morgan fingerprint density at radius 3 is 2.59 bits per heavy atom. The number of H-pyrrole nitrogens is 1. The minimum Gasteiger partial charge on any atom is -0.481 e. The number of rotatable bonds is 5. The molecule has 0 saturated heterocycles. The fraction of sp³-hybridized carbons (Fsp3) is 0.333. The highest BCUT2D eigenvalue weighted by Gasteiger charge is 2.47. The third-order valence-electron chi connectivity index (χ3n) is 7.12. The monoisotopic (exact) mass is 465 g/mol. The summed E-state index contributed by atoms with van der Waals surface area (Å²) < 4.78 is 33.7. The predicted octanol–water partition coefficient (Wildman–Crippen LogP) is 4.86. The number of hydrogen-bond acceptors (Lipinski definition) is 6. The van der Waals surface area contributed by atoms with Gasteiger partial charge in [-0.25, -0.2) is 13.8 Å². The molecule has 2 atom stereocenters. The maximum absolute atomic E-state index is 14.3. The summed E-state index contributed by atoms with van der Waals surface area (Å²) in [7, 11) is 0. The Labute approximate surface area is 192 Å². The normalized spacial score (nSPS) is 23.9. The van der Waals surface area contributed by atoms with Crippen molar-refractivity contribution in [2.24, 2.45) is 17.8 Å². The first kappa shape index (κ1) is 20.8.